The molecule has 114 valence electrons. The Morgan fingerprint density at radius 2 is 2.14 bits per heavy atom. The summed E-state index contributed by atoms with van der Waals surface area (Å²) in [6.07, 6.45) is -2.53. The Bertz CT molecular complexity index is 578. The van der Waals surface area contributed by atoms with E-state index in [1.54, 1.807) is 17.8 Å². The quantitative estimate of drug-likeness (QED) is 0.918. The number of thioether (sulfide) groups is 1. The average molecular weight is 314 g/mol. The molecule has 0 amide bonds. The largest absolute Gasteiger partial charge is 0.586 e. The molecule has 1 N–H and O–H groups in total. The highest BCUT2D eigenvalue weighted by Crippen LogP contribution is 2.42. The zero-order chi connectivity index (χ0) is 15.0. The number of amidine groups is 1. The number of benzene rings is 1. The van der Waals surface area contributed by atoms with Gasteiger partial charge in [-0.2, -0.15) is 0 Å². The zero-order valence-corrected chi connectivity index (χ0v) is 12.5. The number of anilines is 1. The molecule has 0 aliphatic carbocycles. The van der Waals surface area contributed by atoms with Crippen molar-refractivity contribution in [2.75, 3.05) is 11.1 Å². The van der Waals surface area contributed by atoms with Gasteiger partial charge in [-0.3, -0.25) is 4.99 Å². The van der Waals surface area contributed by atoms with Crippen molar-refractivity contribution in [3.05, 3.63) is 18.2 Å². The summed E-state index contributed by atoms with van der Waals surface area (Å²) < 4.78 is 34.7. The van der Waals surface area contributed by atoms with E-state index >= 15 is 0 Å². The fraction of sp³-hybridized carbons (Fsp3) is 0.500. The third kappa shape index (κ3) is 3.40. The lowest BCUT2D eigenvalue weighted by Crippen LogP contribution is -2.25. The summed E-state index contributed by atoms with van der Waals surface area (Å²) in [7, 11) is 0. The molecule has 0 aromatic heterocycles. The van der Waals surface area contributed by atoms with E-state index < -0.39 is 6.29 Å². The van der Waals surface area contributed by atoms with E-state index in [2.05, 4.69) is 33.6 Å². The third-order valence-corrected chi connectivity index (χ3v) is 4.14. The third-order valence-electron chi connectivity index (χ3n) is 3.11. The van der Waals surface area contributed by atoms with Gasteiger partial charge < -0.3 is 14.8 Å². The van der Waals surface area contributed by atoms with Crippen LogP contribution in [0, 0.1) is 5.92 Å². The van der Waals surface area contributed by atoms with Crippen LogP contribution in [-0.4, -0.2) is 23.3 Å². The van der Waals surface area contributed by atoms with E-state index in [1.807, 2.05) is 0 Å². The van der Waals surface area contributed by atoms with Gasteiger partial charge in [-0.25, -0.2) is 0 Å². The van der Waals surface area contributed by atoms with E-state index in [9.17, 15) is 8.78 Å². The first kappa shape index (κ1) is 14.4. The summed E-state index contributed by atoms with van der Waals surface area (Å²) in [4.78, 5) is 4.59. The minimum Gasteiger partial charge on any atom is -0.395 e. The van der Waals surface area contributed by atoms with Crippen LogP contribution < -0.4 is 14.8 Å². The molecule has 4 nitrogen and oxygen atoms in total. The van der Waals surface area contributed by atoms with Crippen molar-refractivity contribution in [2.24, 2.45) is 10.9 Å². The van der Waals surface area contributed by atoms with Gasteiger partial charge in [0.15, 0.2) is 16.7 Å². The van der Waals surface area contributed by atoms with Crippen molar-refractivity contribution in [3.63, 3.8) is 0 Å². The van der Waals surface area contributed by atoms with E-state index in [0.29, 0.717) is 17.6 Å². The number of aliphatic imine (C=N–C) groups is 1. The van der Waals surface area contributed by atoms with Gasteiger partial charge in [-0.05, 0) is 24.5 Å². The summed E-state index contributed by atoms with van der Waals surface area (Å²) >= 11 is 1.64. The van der Waals surface area contributed by atoms with Crippen LogP contribution in [0.5, 0.6) is 11.5 Å². The molecule has 1 aromatic rings. The second-order valence-corrected chi connectivity index (χ2v) is 6.49. The molecule has 1 unspecified atom stereocenters. The maximum Gasteiger partial charge on any atom is 0.586 e. The maximum absolute atomic E-state index is 13.0. The highest BCUT2D eigenvalue weighted by atomic mass is 32.2. The summed E-state index contributed by atoms with van der Waals surface area (Å²) in [5, 5.41) is 3.95. The zero-order valence-electron chi connectivity index (χ0n) is 11.7. The molecule has 0 bridgehead atoms. The van der Waals surface area contributed by atoms with Crippen LogP contribution in [0.4, 0.5) is 14.5 Å². The van der Waals surface area contributed by atoms with Crippen molar-refractivity contribution in [1.82, 2.24) is 0 Å². The molecule has 0 saturated carbocycles. The number of nitrogens with zero attached hydrogens (tertiary/aromatic N) is 1. The number of fused-ring (bicyclic) bond motifs is 1. The van der Waals surface area contributed by atoms with Gasteiger partial charge in [0, 0.05) is 17.5 Å². The first-order valence-corrected chi connectivity index (χ1v) is 7.77. The fourth-order valence-corrected chi connectivity index (χ4v) is 3.27. The Labute approximate surface area is 125 Å². The van der Waals surface area contributed by atoms with E-state index in [0.717, 1.165) is 17.3 Å². The fourth-order valence-electron chi connectivity index (χ4n) is 2.30. The van der Waals surface area contributed by atoms with Gasteiger partial charge in [-0.1, -0.05) is 25.6 Å². The Morgan fingerprint density at radius 1 is 1.38 bits per heavy atom. The monoisotopic (exact) mass is 314 g/mol. The average Bonchev–Trinajstić information content (AvgIpc) is 2.90. The second kappa shape index (κ2) is 5.36. The van der Waals surface area contributed by atoms with Crippen molar-refractivity contribution in [3.8, 4) is 11.5 Å². The Morgan fingerprint density at radius 3 is 2.90 bits per heavy atom. The molecule has 0 spiro atoms. The Balaban J connectivity index is 1.67. The molecule has 0 fully saturated rings. The molecule has 3 rings (SSSR count). The number of nitrogens with one attached hydrogen (secondary N) is 1. The lowest BCUT2D eigenvalue weighted by molar-refractivity contribution is -0.286. The minimum absolute atomic E-state index is 0.0346. The van der Waals surface area contributed by atoms with E-state index in [-0.39, 0.29) is 11.5 Å². The van der Waals surface area contributed by atoms with Crippen molar-refractivity contribution in [1.29, 1.82) is 0 Å². The molecule has 2 heterocycles. The second-order valence-electron chi connectivity index (χ2n) is 5.48. The molecule has 0 radical (unpaired) electrons. The summed E-state index contributed by atoms with van der Waals surface area (Å²) in [5.41, 5.74) is 0.659. The van der Waals surface area contributed by atoms with E-state index in [4.69, 9.17) is 0 Å². The predicted octanol–water partition coefficient (Wildman–Crippen LogP) is 3.94. The van der Waals surface area contributed by atoms with Gasteiger partial charge >= 0.3 is 6.29 Å². The molecule has 0 saturated heterocycles. The summed E-state index contributed by atoms with van der Waals surface area (Å²) in [6, 6.07) is 4.94. The van der Waals surface area contributed by atoms with Crippen LogP contribution in [0.25, 0.3) is 0 Å². The van der Waals surface area contributed by atoms with Gasteiger partial charge in [0.25, 0.3) is 0 Å². The lowest BCUT2D eigenvalue weighted by Gasteiger charge is -2.07. The van der Waals surface area contributed by atoms with Gasteiger partial charge in [-0.15, -0.1) is 8.78 Å². The molecule has 1 aromatic carbocycles. The minimum atomic E-state index is -3.58. The predicted molar refractivity (Wildman–Crippen MR) is 79.4 cm³/mol. The molecule has 7 heteroatoms. The van der Waals surface area contributed by atoms with Crippen molar-refractivity contribution >= 4 is 22.6 Å². The van der Waals surface area contributed by atoms with Crippen LogP contribution in [-0.2, 0) is 0 Å². The van der Waals surface area contributed by atoms with Crippen LogP contribution >= 0.6 is 11.8 Å². The SMILES string of the molecule is CC(C)CC1CSC(Nc2ccc3c(c2)OC(F)(F)O3)=N1. The first-order chi connectivity index (χ1) is 9.91. The molecular formula is C14H16F2N2O2S. The van der Waals surface area contributed by atoms with Crippen LogP contribution in [0.3, 0.4) is 0 Å². The molecule has 2 aliphatic heterocycles. The van der Waals surface area contributed by atoms with Gasteiger partial charge in [0.1, 0.15) is 0 Å². The molecule has 21 heavy (non-hydrogen) atoms. The Hall–Kier alpha value is -1.50. The number of halogens is 2. The molecule has 2 aliphatic rings. The molecule has 1 atom stereocenters. The highest BCUT2D eigenvalue weighted by Gasteiger charge is 2.43. The van der Waals surface area contributed by atoms with E-state index in [1.165, 1.54) is 12.1 Å². The highest BCUT2D eigenvalue weighted by molar-refractivity contribution is 8.14. The Kier molecular flexibility index (Phi) is 3.69. The topological polar surface area (TPSA) is 42.8 Å². The van der Waals surface area contributed by atoms with Gasteiger partial charge in [0.2, 0.25) is 0 Å². The van der Waals surface area contributed by atoms with Crippen molar-refractivity contribution < 1.29 is 18.3 Å². The normalized spacial score (nSPS) is 22.5. The lowest BCUT2D eigenvalue weighted by atomic mass is 10.1. The van der Waals surface area contributed by atoms with Crippen LogP contribution in [0.1, 0.15) is 20.3 Å². The number of rotatable bonds is 3. The maximum atomic E-state index is 13.0. The summed E-state index contributed by atoms with van der Waals surface area (Å²) in [5.74, 6) is 1.63. The summed E-state index contributed by atoms with van der Waals surface area (Å²) in [6.45, 7) is 4.34. The van der Waals surface area contributed by atoms with Crippen molar-refractivity contribution in [2.45, 2.75) is 32.6 Å². The van der Waals surface area contributed by atoms with Gasteiger partial charge in [0.05, 0.1) is 6.04 Å². The first-order valence-electron chi connectivity index (χ1n) is 6.79. The smallest absolute Gasteiger partial charge is 0.395 e. The van der Waals surface area contributed by atoms with Crippen LogP contribution in [0.15, 0.2) is 23.2 Å². The number of hydrogen-bond acceptors (Lipinski definition) is 5. The standard InChI is InChI=1S/C14H16F2N2O2S/c1-8(2)5-10-7-21-13(18-10)17-9-3-4-11-12(6-9)20-14(15,16)19-11/h3-4,6,8,10H,5,7H2,1-2H3,(H,17,18). The number of hydrogen-bond donors (Lipinski definition) is 1. The number of alkyl halides is 2. The van der Waals surface area contributed by atoms with Crippen LogP contribution in [0.2, 0.25) is 0 Å². The number of ether oxygens (including phenoxy) is 2. The molecular weight excluding hydrogens is 298 g/mol.